The van der Waals surface area contributed by atoms with Crippen molar-refractivity contribution in [3.05, 3.63) is 17.5 Å². The zero-order valence-corrected chi connectivity index (χ0v) is 11.7. The van der Waals surface area contributed by atoms with E-state index in [1.807, 2.05) is 0 Å². The van der Waals surface area contributed by atoms with Gasteiger partial charge in [0, 0.05) is 38.8 Å². The summed E-state index contributed by atoms with van der Waals surface area (Å²) >= 11 is 0. The van der Waals surface area contributed by atoms with E-state index in [4.69, 9.17) is 4.52 Å². The molecule has 0 spiro atoms. The zero-order valence-electron chi connectivity index (χ0n) is 11.7. The Morgan fingerprint density at radius 2 is 2.16 bits per heavy atom. The lowest BCUT2D eigenvalue weighted by Gasteiger charge is -2.32. The van der Waals surface area contributed by atoms with Crippen LogP contribution in [0.2, 0.25) is 0 Å². The minimum Gasteiger partial charge on any atom is -0.361 e. The fourth-order valence-electron chi connectivity index (χ4n) is 2.14. The summed E-state index contributed by atoms with van der Waals surface area (Å²) < 4.78 is 4.87. The van der Waals surface area contributed by atoms with Gasteiger partial charge in [0.1, 0.15) is 5.76 Å². The highest BCUT2D eigenvalue weighted by atomic mass is 16.5. The fraction of sp³-hybridized carbons (Fsp3) is 0.692. The van der Waals surface area contributed by atoms with E-state index in [1.165, 1.54) is 0 Å². The minimum absolute atomic E-state index is 0.157. The Morgan fingerprint density at radius 3 is 2.79 bits per heavy atom. The van der Waals surface area contributed by atoms with Gasteiger partial charge in [-0.05, 0) is 26.9 Å². The van der Waals surface area contributed by atoms with Crippen molar-refractivity contribution in [3.63, 3.8) is 0 Å². The van der Waals surface area contributed by atoms with E-state index in [0.29, 0.717) is 18.0 Å². The SMILES string of the molecule is Cc1cc(C(=O)NCCCN2CCN(C)CC2)no1. The molecule has 6 nitrogen and oxygen atoms in total. The van der Waals surface area contributed by atoms with Crippen molar-refractivity contribution in [3.8, 4) is 0 Å². The number of aromatic nitrogens is 1. The van der Waals surface area contributed by atoms with Crippen molar-refractivity contribution in [2.45, 2.75) is 13.3 Å². The number of piperazine rings is 1. The van der Waals surface area contributed by atoms with E-state index in [2.05, 4.69) is 27.3 Å². The average molecular weight is 266 g/mol. The lowest BCUT2D eigenvalue weighted by atomic mass is 10.3. The molecule has 0 radical (unpaired) electrons. The molecule has 106 valence electrons. The molecule has 1 fully saturated rings. The topological polar surface area (TPSA) is 61.6 Å². The first-order valence-electron chi connectivity index (χ1n) is 6.77. The van der Waals surface area contributed by atoms with Crippen molar-refractivity contribution in [2.24, 2.45) is 0 Å². The van der Waals surface area contributed by atoms with Crippen LogP contribution in [0.25, 0.3) is 0 Å². The van der Waals surface area contributed by atoms with E-state index in [-0.39, 0.29) is 5.91 Å². The average Bonchev–Trinajstić information content (AvgIpc) is 2.83. The van der Waals surface area contributed by atoms with Crippen LogP contribution in [0.5, 0.6) is 0 Å². The molecule has 0 atom stereocenters. The highest BCUT2D eigenvalue weighted by Gasteiger charge is 2.13. The Balaban J connectivity index is 1.60. The van der Waals surface area contributed by atoms with Crippen molar-refractivity contribution >= 4 is 5.91 Å². The third-order valence-corrected chi connectivity index (χ3v) is 3.39. The number of carbonyl (C=O) groups is 1. The molecule has 2 rings (SSSR count). The third-order valence-electron chi connectivity index (χ3n) is 3.39. The lowest BCUT2D eigenvalue weighted by molar-refractivity contribution is 0.0940. The molecular weight excluding hydrogens is 244 g/mol. The summed E-state index contributed by atoms with van der Waals surface area (Å²) in [6.07, 6.45) is 0.965. The van der Waals surface area contributed by atoms with Crippen LogP contribution in [0.3, 0.4) is 0 Å². The van der Waals surface area contributed by atoms with E-state index in [0.717, 1.165) is 39.1 Å². The summed E-state index contributed by atoms with van der Waals surface area (Å²) in [5.41, 5.74) is 0.358. The summed E-state index contributed by atoms with van der Waals surface area (Å²) in [6, 6.07) is 1.65. The predicted octanol–water partition coefficient (Wildman–Crippen LogP) is 0.350. The van der Waals surface area contributed by atoms with Gasteiger partial charge in [0.25, 0.3) is 5.91 Å². The number of hydrogen-bond donors (Lipinski definition) is 1. The normalized spacial score (nSPS) is 17.6. The van der Waals surface area contributed by atoms with Crippen LogP contribution < -0.4 is 5.32 Å². The largest absolute Gasteiger partial charge is 0.361 e. The first kappa shape index (κ1) is 14.0. The van der Waals surface area contributed by atoms with E-state index in [1.54, 1.807) is 13.0 Å². The highest BCUT2D eigenvalue weighted by molar-refractivity contribution is 5.92. The first-order valence-corrected chi connectivity index (χ1v) is 6.77. The number of rotatable bonds is 5. The number of likely N-dealkylation sites (N-methyl/N-ethyl adjacent to an activating group) is 1. The second-order valence-electron chi connectivity index (χ2n) is 5.08. The highest BCUT2D eigenvalue weighted by Crippen LogP contribution is 2.02. The van der Waals surface area contributed by atoms with Crippen LogP contribution >= 0.6 is 0 Å². The molecule has 1 saturated heterocycles. The molecule has 1 aliphatic heterocycles. The van der Waals surface area contributed by atoms with Crippen LogP contribution in [-0.2, 0) is 0 Å². The zero-order chi connectivity index (χ0) is 13.7. The first-order chi connectivity index (χ1) is 9.15. The summed E-state index contributed by atoms with van der Waals surface area (Å²) in [7, 11) is 2.15. The van der Waals surface area contributed by atoms with Gasteiger partial charge in [-0.15, -0.1) is 0 Å². The molecule has 6 heteroatoms. The fourth-order valence-corrected chi connectivity index (χ4v) is 2.14. The molecule has 0 aliphatic carbocycles. The summed E-state index contributed by atoms with van der Waals surface area (Å²) in [6.45, 7) is 7.98. The molecule has 0 unspecified atom stereocenters. The second kappa shape index (κ2) is 6.68. The summed E-state index contributed by atoms with van der Waals surface area (Å²) in [4.78, 5) is 16.5. The number of carbonyl (C=O) groups excluding carboxylic acids is 1. The van der Waals surface area contributed by atoms with E-state index < -0.39 is 0 Å². The van der Waals surface area contributed by atoms with Crippen molar-refractivity contribution in [2.75, 3.05) is 46.3 Å². The molecule has 1 aromatic heterocycles. The van der Waals surface area contributed by atoms with Crippen molar-refractivity contribution in [1.82, 2.24) is 20.3 Å². The van der Waals surface area contributed by atoms with Crippen LogP contribution in [0, 0.1) is 6.92 Å². The van der Waals surface area contributed by atoms with Crippen LogP contribution in [0.1, 0.15) is 22.7 Å². The Bertz CT molecular complexity index is 411. The molecule has 19 heavy (non-hydrogen) atoms. The maximum Gasteiger partial charge on any atom is 0.273 e. The molecule has 1 aliphatic rings. The standard InChI is InChI=1S/C13H22N4O2/c1-11-10-12(15-19-11)13(18)14-4-3-5-17-8-6-16(2)7-9-17/h10H,3-9H2,1-2H3,(H,14,18). The third kappa shape index (κ3) is 4.33. The Hall–Kier alpha value is -1.40. The van der Waals surface area contributed by atoms with Crippen molar-refractivity contribution in [1.29, 1.82) is 0 Å². The lowest BCUT2D eigenvalue weighted by Crippen LogP contribution is -2.45. The smallest absolute Gasteiger partial charge is 0.273 e. The molecule has 1 amide bonds. The molecule has 2 heterocycles. The van der Waals surface area contributed by atoms with Gasteiger partial charge < -0.3 is 19.6 Å². The Kier molecular flexibility index (Phi) is 4.93. The quantitative estimate of drug-likeness (QED) is 0.779. The number of hydrogen-bond acceptors (Lipinski definition) is 5. The number of amides is 1. The maximum atomic E-state index is 11.7. The number of aryl methyl sites for hydroxylation is 1. The number of nitrogens with zero attached hydrogens (tertiary/aromatic N) is 3. The molecular formula is C13H22N4O2. The molecule has 1 N–H and O–H groups in total. The van der Waals surface area contributed by atoms with Gasteiger partial charge >= 0.3 is 0 Å². The van der Waals surface area contributed by atoms with Gasteiger partial charge in [-0.25, -0.2) is 0 Å². The Morgan fingerprint density at radius 1 is 1.42 bits per heavy atom. The van der Waals surface area contributed by atoms with Crippen LogP contribution in [0.4, 0.5) is 0 Å². The Labute approximate surface area is 113 Å². The van der Waals surface area contributed by atoms with Gasteiger partial charge in [-0.3, -0.25) is 4.79 Å². The van der Waals surface area contributed by atoms with Gasteiger partial charge in [0.15, 0.2) is 5.69 Å². The number of nitrogens with one attached hydrogen (secondary N) is 1. The predicted molar refractivity (Wildman–Crippen MR) is 72.1 cm³/mol. The monoisotopic (exact) mass is 266 g/mol. The molecule has 0 aromatic carbocycles. The minimum atomic E-state index is -0.157. The molecule has 0 bridgehead atoms. The van der Waals surface area contributed by atoms with Gasteiger partial charge in [-0.1, -0.05) is 5.16 Å². The van der Waals surface area contributed by atoms with Gasteiger partial charge in [0.05, 0.1) is 0 Å². The van der Waals surface area contributed by atoms with Crippen molar-refractivity contribution < 1.29 is 9.32 Å². The van der Waals surface area contributed by atoms with E-state index >= 15 is 0 Å². The molecule has 0 saturated carbocycles. The van der Waals surface area contributed by atoms with Gasteiger partial charge in [-0.2, -0.15) is 0 Å². The van der Waals surface area contributed by atoms with Crippen LogP contribution in [0.15, 0.2) is 10.6 Å². The second-order valence-corrected chi connectivity index (χ2v) is 5.08. The summed E-state index contributed by atoms with van der Waals surface area (Å²) in [5, 5.41) is 6.55. The summed E-state index contributed by atoms with van der Waals surface area (Å²) in [5.74, 6) is 0.498. The maximum absolute atomic E-state index is 11.7. The van der Waals surface area contributed by atoms with Crippen LogP contribution in [-0.4, -0.2) is 67.2 Å². The van der Waals surface area contributed by atoms with E-state index in [9.17, 15) is 4.79 Å². The molecule has 1 aromatic rings. The van der Waals surface area contributed by atoms with Gasteiger partial charge in [0.2, 0.25) is 0 Å².